The number of hydrogen-bond donors (Lipinski definition) is 2. The van der Waals surface area contributed by atoms with Crippen molar-refractivity contribution in [3.8, 4) is 0 Å². The molecule has 2 N–H and O–H groups in total. The van der Waals surface area contributed by atoms with Crippen LogP contribution in [0.3, 0.4) is 0 Å². The largest absolute Gasteiger partial charge is 0.478 e. The van der Waals surface area contributed by atoms with Gasteiger partial charge in [0.1, 0.15) is 5.69 Å². The van der Waals surface area contributed by atoms with Crippen LogP contribution in [0.15, 0.2) is 54.6 Å². The SMILES string of the molecule is CCCCCCCCCCCC(=O)c1c(C(=O)O)n(C/C=C/c2ccc(C(=O)O)cc2)c2ccccc12. The number of allylic oxidation sites excluding steroid dienone is 1. The topological polar surface area (TPSA) is 96.6 Å². The van der Waals surface area contributed by atoms with Gasteiger partial charge in [-0.2, -0.15) is 0 Å². The van der Waals surface area contributed by atoms with Gasteiger partial charge in [0, 0.05) is 23.9 Å². The first-order valence-electron chi connectivity index (χ1n) is 13.3. The molecule has 0 unspecified atom stereocenters. The first-order valence-corrected chi connectivity index (χ1v) is 13.3. The normalized spacial score (nSPS) is 11.4. The highest BCUT2D eigenvalue weighted by Crippen LogP contribution is 2.29. The molecule has 3 rings (SSSR count). The Morgan fingerprint density at radius 1 is 0.784 bits per heavy atom. The minimum absolute atomic E-state index is 0.0213. The summed E-state index contributed by atoms with van der Waals surface area (Å²) >= 11 is 0. The highest BCUT2D eigenvalue weighted by Gasteiger charge is 2.26. The number of hydrogen-bond acceptors (Lipinski definition) is 3. The van der Waals surface area contributed by atoms with Crippen molar-refractivity contribution in [2.45, 2.75) is 77.7 Å². The second-order valence-electron chi connectivity index (χ2n) is 9.49. The molecule has 0 aliphatic carbocycles. The summed E-state index contributed by atoms with van der Waals surface area (Å²) in [6, 6.07) is 13.8. The lowest BCUT2D eigenvalue weighted by atomic mass is 10.0. The van der Waals surface area contributed by atoms with Gasteiger partial charge in [0.2, 0.25) is 0 Å². The van der Waals surface area contributed by atoms with Crippen LogP contribution in [0.5, 0.6) is 0 Å². The van der Waals surface area contributed by atoms with E-state index in [-0.39, 0.29) is 23.6 Å². The number of rotatable bonds is 16. The molecule has 0 atom stereocenters. The summed E-state index contributed by atoms with van der Waals surface area (Å²) in [4.78, 5) is 36.6. The lowest BCUT2D eigenvalue weighted by Crippen LogP contribution is -2.13. The van der Waals surface area contributed by atoms with Crippen LogP contribution in [0.1, 0.15) is 108 Å². The van der Waals surface area contributed by atoms with Gasteiger partial charge in [-0.1, -0.05) is 101 Å². The number of aromatic carboxylic acids is 2. The Hall–Kier alpha value is -3.67. The van der Waals surface area contributed by atoms with Crippen LogP contribution in [-0.2, 0) is 6.54 Å². The lowest BCUT2D eigenvalue weighted by Gasteiger charge is -2.07. The molecular weight excluding hydrogens is 466 g/mol. The van der Waals surface area contributed by atoms with Gasteiger partial charge in [-0.05, 0) is 30.2 Å². The number of nitrogens with zero attached hydrogens (tertiary/aromatic N) is 1. The maximum absolute atomic E-state index is 13.2. The Balaban J connectivity index is 1.71. The monoisotopic (exact) mass is 503 g/mol. The molecule has 1 aromatic heterocycles. The first kappa shape index (κ1) is 27.9. The summed E-state index contributed by atoms with van der Waals surface area (Å²) < 4.78 is 1.67. The maximum Gasteiger partial charge on any atom is 0.353 e. The number of unbranched alkanes of at least 4 members (excludes halogenated alkanes) is 8. The van der Waals surface area contributed by atoms with Crippen molar-refractivity contribution in [1.82, 2.24) is 4.57 Å². The van der Waals surface area contributed by atoms with E-state index >= 15 is 0 Å². The number of benzene rings is 2. The van der Waals surface area contributed by atoms with Gasteiger partial charge in [-0.3, -0.25) is 4.79 Å². The molecule has 6 heteroatoms. The quantitative estimate of drug-likeness (QED) is 0.153. The Kier molecular flexibility index (Phi) is 10.7. The molecule has 1 heterocycles. The van der Waals surface area contributed by atoms with Gasteiger partial charge < -0.3 is 14.8 Å². The van der Waals surface area contributed by atoms with Crippen molar-refractivity contribution in [1.29, 1.82) is 0 Å². The van der Waals surface area contributed by atoms with E-state index in [0.29, 0.717) is 22.9 Å². The highest BCUT2D eigenvalue weighted by atomic mass is 16.4. The van der Waals surface area contributed by atoms with E-state index in [1.807, 2.05) is 36.4 Å². The molecule has 0 fully saturated rings. The van der Waals surface area contributed by atoms with E-state index < -0.39 is 11.9 Å². The Morgan fingerprint density at radius 3 is 2.03 bits per heavy atom. The van der Waals surface area contributed by atoms with E-state index in [1.54, 1.807) is 16.7 Å². The molecule has 0 bridgehead atoms. The average molecular weight is 504 g/mol. The van der Waals surface area contributed by atoms with Crippen molar-refractivity contribution in [2.75, 3.05) is 0 Å². The lowest BCUT2D eigenvalue weighted by molar-refractivity contribution is 0.0676. The van der Waals surface area contributed by atoms with Gasteiger partial charge in [0.15, 0.2) is 5.78 Å². The van der Waals surface area contributed by atoms with Crippen molar-refractivity contribution < 1.29 is 24.6 Å². The molecule has 37 heavy (non-hydrogen) atoms. The van der Waals surface area contributed by atoms with E-state index in [1.165, 1.54) is 50.7 Å². The zero-order chi connectivity index (χ0) is 26.6. The van der Waals surface area contributed by atoms with Crippen molar-refractivity contribution in [3.63, 3.8) is 0 Å². The zero-order valence-corrected chi connectivity index (χ0v) is 21.6. The molecular formula is C31H37NO5. The molecule has 0 amide bonds. The fourth-order valence-electron chi connectivity index (χ4n) is 4.75. The van der Waals surface area contributed by atoms with Crippen LogP contribution in [0, 0.1) is 0 Å². The fourth-order valence-corrected chi connectivity index (χ4v) is 4.75. The number of carbonyl (C=O) groups is 3. The molecule has 0 saturated carbocycles. The highest BCUT2D eigenvalue weighted by molar-refractivity contribution is 6.15. The van der Waals surface area contributed by atoms with Gasteiger partial charge in [0.25, 0.3) is 0 Å². The Bertz CT molecular complexity index is 1240. The molecule has 0 spiro atoms. The van der Waals surface area contributed by atoms with Crippen LogP contribution in [0.2, 0.25) is 0 Å². The van der Waals surface area contributed by atoms with Crippen LogP contribution in [0.25, 0.3) is 17.0 Å². The summed E-state index contributed by atoms with van der Waals surface area (Å²) in [5, 5.41) is 19.8. The van der Waals surface area contributed by atoms with Crippen molar-refractivity contribution in [2.24, 2.45) is 0 Å². The fraction of sp³-hybridized carbons (Fsp3) is 0.387. The number of carboxylic acids is 2. The molecule has 0 aliphatic heterocycles. The minimum atomic E-state index is -1.12. The summed E-state index contributed by atoms with van der Waals surface area (Å²) in [6.07, 6.45) is 14.4. The smallest absolute Gasteiger partial charge is 0.353 e. The van der Waals surface area contributed by atoms with Crippen LogP contribution in [-0.4, -0.2) is 32.5 Å². The third-order valence-corrected chi connectivity index (χ3v) is 6.72. The standard InChI is InChI=1S/C31H37NO5/c1-2-3-4-5-6-7-8-9-10-17-27(33)28-25-15-11-12-16-26(25)32(29(28)31(36)37)22-13-14-23-18-20-24(21-19-23)30(34)35/h11-16,18-21H,2-10,17,22H2,1H3,(H,34,35)(H,36,37)/b14-13+. The minimum Gasteiger partial charge on any atom is -0.478 e. The summed E-state index contributed by atoms with van der Waals surface area (Å²) in [7, 11) is 0. The van der Waals surface area contributed by atoms with E-state index in [0.717, 1.165) is 24.8 Å². The Morgan fingerprint density at radius 2 is 1.41 bits per heavy atom. The Labute approximate surface area is 218 Å². The van der Waals surface area contributed by atoms with Gasteiger partial charge >= 0.3 is 11.9 Å². The third kappa shape index (κ3) is 7.66. The van der Waals surface area contributed by atoms with Gasteiger partial charge in [-0.15, -0.1) is 0 Å². The average Bonchev–Trinajstić information content (AvgIpc) is 3.22. The molecule has 0 radical (unpaired) electrons. The van der Waals surface area contributed by atoms with Crippen LogP contribution < -0.4 is 0 Å². The molecule has 3 aromatic rings. The molecule has 0 aliphatic rings. The number of carbonyl (C=O) groups excluding carboxylic acids is 1. The number of para-hydroxylation sites is 1. The molecule has 0 saturated heterocycles. The number of fused-ring (bicyclic) bond motifs is 1. The number of aromatic nitrogens is 1. The second-order valence-corrected chi connectivity index (χ2v) is 9.49. The maximum atomic E-state index is 13.2. The van der Waals surface area contributed by atoms with E-state index in [2.05, 4.69) is 6.92 Å². The first-order chi connectivity index (χ1) is 17.9. The van der Waals surface area contributed by atoms with Gasteiger partial charge in [0.05, 0.1) is 11.1 Å². The van der Waals surface area contributed by atoms with Crippen molar-refractivity contribution in [3.05, 3.63) is 77.0 Å². The predicted molar refractivity (Wildman–Crippen MR) is 148 cm³/mol. The predicted octanol–water partition coefficient (Wildman–Crippen LogP) is 7.85. The second kappa shape index (κ2) is 14.2. The van der Waals surface area contributed by atoms with Crippen LogP contribution >= 0.6 is 0 Å². The summed E-state index contributed by atoms with van der Waals surface area (Å²) in [5.41, 5.74) is 2.04. The molecule has 196 valence electrons. The zero-order valence-electron chi connectivity index (χ0n) is 21.6. The molecule has 2 aromatic carbocycles. The van der Waals surface area contributed by atoms with Crippen molar-refractivity contribution >= 4 is 34.7 Å². The number of ketones is 1. The third-order valence-electron chi connectivity index (χ3n) is 6.72. The number of carboxylic acid groups (broad SMARTS) is 2. The van der Waals surface area contributed by atoms with Crippen LogP contribution in [0.4, 0.5) is 0 Å². The van der Waals surface area contributed by atoms with E-state index in [9.17, 15) is 19.5 Å². The summed E-state index contributed by atoms with van der Waals surface area (Å²) in [5.74, 6) is -2.23. The molecule has 6 nitrogen and oxygen atoms in total. The van der Waals surface area contributed by atoms with Gasteiger partial charge in [-0.25, -0.2) is 9.59 Å². The summed E-state index contributed by atoms with van der Waals surface area (Å²) in [6.45, 7) is 2.49. The number of Topliss-reactive ketones (excluding diaryl/α,β-unsaturated/α-hetero) is 1. The van der Waals surface area contributed by atoms with E-state index in [4.69, 9.17) is 5.11 Å².